The van der Waals surface area contributed by atoms with Crippen LogP contribution in [0.4, 0.5) is 15.8 Å². The van der Waals surface area contributed by atoms with Gasteiger partial charge in [0.05, 0.1) is 24.2 Å². The van der Waals surface area contributed by atoms with Gasteiger partial charge in [-0.05, 0) is 61.9 Å². The van der Waals surface area contributed by atoms with E-state index in [1.54, 1.807) is 42.5 Å². The molecular weight excluding hydrogens is 425 g/mol. The molecule has 1 fully saturated rings. The molecule has 33 heavy (non-hydrogen) atoms. The largest absolute Gasteiger partial charge is 0.459 e. The zero-order valence-electron chi connectivity index (χ0n) is 18.5. The normalized spacial score (nSPS) is 18.1. The van der Waals surface area contributed by atoms with E-state index in [-0.39, 0.29) is 36.2 Å². The second-order valence-electron chi connectivity index (χ2n) is 8.14. The minimum absolute atomic E-state index is 0.0340. The third-order valence-corrected chi connectivity index (χ3v) is 5.35. The minimum Gasteiger partial charge on any atom is -0.459 e. The molecule has 4 rings (SSSR count). The summed E-state index contributed by atoms with van der Waals surface area (Å²) < 4.78 is 25.6. The fourth-order valence-corrected chi connectivity index (χ4v) is 3.91. The van der Waals surface area contributed by atoms with E-state index in [0.717, 1.165) is 0 Å². The van der Waals surface area contributed by atoms with Crippen molar-refractivity contribution < 1.29 is 23.1 Å². The lowest BCUT2D eigenvalue weighted by Crippen LogP contribution is -2.45. The van der Waals surface area contributed by atoms with Crippen LogP contribution in [0.15, 0.2) is 65.3 Å². The Bertz CT molecular complexity index is 1120. The van der Waals surface area contributed by atoms with Gasteiger partial charge in [0.2, 0.25) is 0 Å². The Hall–Kier alpha value is -3.65. The average molecular weight is 451 g/mol. The number of hydrogen-bond donors (Lipinski definition) is 2. The number of ether oxygens (including phenoxy) is 1. The van der Waals surface area contributed by atoms with Crippen LogP contribution in [-0.4, -0.2) is 37.1 Å². The van der Waals surface area contributed by atoms with Crippen LogP contribution >= 0.6 is 0 Å². The quantitative estimate of drug-likeness (QED) is 0.587. The van der Waals surface area contributed by atoms with Crippen molar-refractivity contribution in [1.29, 1.82) is 0 Å². The van der Waals surface area contributed by atoms with Crippen molar-refractivity contribution in [2.75, 3.05) is 23.3 Å². The zero-order valence-corrected chi connectivity index (χ0v) is 18.5. The lowest BCUT2D eigenvalue weighted by Gasteiger charge is -2.37. The van der Waals surface area contributed by atoms with Gasteiger partial charge in [0.15, 0.2) is 5.76 Å². The molecule has 1 aromatic heterocycles. The minimum atomic E-state index is -0.405. The first-order valence-corrected chi connectivity index (χ1v) is 10.8. The molecule has 0 aliphatic carbocycles. The van der Waals surface area contributed by atoms with Crippen molar-refractivity contribution in [3.8, 4) is 0 Å². The summed E-state index contributed by atoms with van der Waals surface area (Å²) in [6.45, 7) is 5.38. The van der Waals surface area contributed by atoms with E-state index >= 15 is 0 Å². The lowest BCUT2D eigenvalue weighted by atomic mass is 10.1. The molecule has 0 spiro atoms. The number of rotatable bonds is 6. The van der Waals surface area contributed by atoms with Crippen LogP contribution in [0.2, 0.25) is 0 Å². The Morgan fingerprint density at radius 3 is 2.52 bits per heavy atom. The first-order valence-electron chi connectivity index (χ1n) is 10.8. The highest BCUT2D eigenvalue weighted by Crippen LogP contribution is 2.24. The van der Waals surface area contributed by atoms with Crippen LogP contribution in [0.3, 0.4) is 0 Å². The van der Waals surface area contributed by atoms with Gasteiger partial charge < -0.3 is 24.7 Å². The smallest absolute Gasteiger partial charge is 0.291 e. The molecule has 1 aliphatic heterocycles. The number of hydrogen-bond acceptors (Lipinski definition) is 5. The van der Waals surface area contributed by atoms with Crippen molar-refractivity contribution in [3.05, 3.63) is 83.6 Å². The number of morpholine rings is 1. The number of amides is 2. The summed E-state index contributed by atoms with van der Waals surface area (Å²) in [6, 6.07) is 14.7. The number of anilines is 2. The van der Waals surface area contributed by atoms with Gasteiger partial charge in [-0.3, -0.25) is 9.59 Å². The summed E-state index contributed by atoms with van der Waals surface area (Å²) in [6.07, 6.45) is 1.48. The van der Waals surface area contributed by atoms with Crippen molar-refractivity contribution in [2.45, 2.75) is 32.6 Å². The van der Waals surface area contributed by atoms with Gasteiger partial charge >= 0.3 is 0 Å². The number of nitrogens with zero attached hydrogens (tertiary/aromatic N) is 1. The molecule has 0 radical (unpaired) electrons. The number of nitrogens with one attached hydrogen (secondary N) is 2. The van der Waals surface area contributed by atoms with E-state index in [2.05, 4.69) is 10.6 Å². The van der Waals surface area contributed by atoms with Crippen LogP contribution < -0.4 is 15.5 Å². The number of halogens is 1. The average Bonchev–Trinajstić information content (AvgIpc) is 3.32. The Morgan fingerprint density at radius 1 is 1.03 bits per heavy atom. The second kappa shape index (κ2) is 9.87. The fourth-order valence-electron chi connectivity index (χ4n) is 3.91. The molecule has 3 aromatic rings. The molecule has 2 atom stereocenters. The standard InChI is InChI=1S/C25H26FN3O4/c1-16-14-29(15-17(2)33-16)22-9-8-18(11-21(22)26)13-27-24(30)19-5-3-6-20(12-19)28-25(31)23-7-4-10-32-23/h3-12,16-17H,13-15H2,1-2H3,(H,27,30)(H,28,31). The number of carbonyl (C=O) groups excluding carboxylic acids is 2. The van der Waals surface area contributed by atoms with Gasteiger partial charge in [0.25, 0.3) is 11.8 Å². The maximum Gasteiger partial charge on any atom is 0.291 e. The van der Waals surface area contributed by atoms with E-state index in [4.69, 9.17) is 9.15 Å². The molecular formula is C25H26FN3O4. The Kier molecular flexibility index (Phi) is 6.74. The van der Waals surface area contributed by atoms with E-state index in [1.807, 2.05) is 24.8 Å². The van der Waals surface area contributed by atoms with Gasteiger partial charge in [-0.1, -0.05) is 12.1 Å². The lowest BCUT2D eigenvalue weighted by molar-refractivity contribution is -0.00539. The van der Waals surface area contributed by atoms with Gasteiger partial charge in [-0.2, -0.15) is 0 Å². The Morgan fingerprint density at radius 2 is 1.82 bits per heavy atom. The van der Waals surface area contributed by atoms with Crippen LogP contribution in [0.5, 0.6) is 0 Å². The molecule has 0 bridgehead atoms. The summed E-state index contributed by atoms with van der Waals surface area (Å²) in [5, 5.41) is 5.48. The van der Waals surface area contributed by atoms with Gasteiger partial charge in [-0.15, -0.1) is 0 Å². The fraction of sp³-hybridized carbons (Fsp3) is 0.280. The summed E-state index contributed by atoms with van der Waals surface area (Å²) >= 11 is 0. The molecule has 1 saturated heterocycles. The van der Waals surface area contributed by atoms with E-state index < -0.39 is 5.91 Å². The molecule has 7 nitrogen and oxygen atoms in total. The summed E-state index contributed by atoms with van der Waals surface area (Å²) in [5.74, 6) is -0.886. The maximum atomic E-state index is 14.8. The SMILES string of the molecule is CC1CN(c2ccc(CNC(=O)c3cccc(NC(=O)c4ccco4)c3)cc2F)CC(C)O1. The predicted octanol–water partition coefficient (Wildman–Crippen LogP) is 4.21. The van der Waals surface area contributed by atoms with E-state index in [9.17, 15) is 14.0 Å². The molecule has 0 saturated carbocycles. The van der Waals surface area contributed by atoms with Crippen LogP contribution in [0, 0.1) is 5.82 Å². The number of benzene rings is 2. The number of carbonyl (C=O) groups is 2. The summed E-state index contributed by atoms with van der Waals surface area (Å²) in [5.41, 5.74) is 2.03. The topological polar surface area (TPSA) is 83.8 Å². The third kappa shape index (κ3) is 5.59. The Labute approximate surface area is 191 Å². The summed E-state index contributed by atoms with van der Waals surface area (Å²) in [7, 11) is 0. The zero-order chi connectivity index (χ0) is 23.4. The first-order chi connectivity index (χ1) is 15.9. The molecule has 2 unspecified atom stereocenters. The molecule has 2 amide bonds. The Balaban J connectivity index is 1.37. The van der Waals surface area contributed by atoms with Crippen LogP contribution in [0.25, 0.3) is 0 Å². The molecule has 2 N–H and O–H groups in total. The van der Waals surface area contributed by atoms with Crippen molar-refractivity contribution in [3.63, 3.8) is 0 Å². The van der Waals surface area contributed by atoms with Crippen LogP contribution in [-0.2, 0) is 11.3 Å². The predicted molar refractivity (Wildman–Crippen MR) is 123 cm³/mol. The summed E-state index contributed by atoms with van der Waals surface area (Å²) in [4.78, 5) is 26.7. The first kappa shape index (κ1) is 22.5. The van der Waals surface area contributed by atoms with E-state index in [0.29, 0.717) is 35.6 Å². The van der Waals surface area contributed by atoms with E-state index in [1.165, 1.54) is 12.3 Å². The highest BCUT2D eigenvalue weighted by Gasteiger charge is 2.24. The molecule has 172 valence electrons. The van der Waals surface area contributed by atoms with Gasteiger partial charge in [-0.25, -0.2) is 4.39 Å². The molecule has 2 heterocycles. The number of furan rings is 1. The van der Waals surface area contributed by atoms with Gasteiger partial charge in [0, 0.05) is 30.9 Å². The highest BCUT2D eigenvalue weighted by molar-refractivity contribution is 6.03. The maximum absolute atomic E-state index is 14.8. The molecule has 8 heteroatoms. The molecule has 1 aliphatic rings. The van der Waals surface area contributed by atoms with Gasteiger partial charge in [0.1, 0.15) is 5.82 Å². The van der Waals surface area contributed by atoms with Crippen molar-refractivity contribution in [1.82, 2.24) is 5.32 Å². The van der Waals surface area contributed by atoms with Crippen LogP contribution in [0.1, 0.15) is 40.3 Å². The molecule has 2 aromatic carbocycles. The van der Waals surface area contributed by atoms with Crippen molar-refractivity contribution >= 4 is 23.2 Å². The second-order valence-corrected chi connectivity index (χ2v) is 8.14. The third-order valence-electron chi connectivity index (χ3n) is 5.35. The monoisotopic (exact) mass is 451 g/mol. The highest BCUT2D eigenvalue weighted by atomic mass is 19.1. The van der Waals surface area contributed by atoms with Crippen molar-refractivity contribution in [2.24, 2.45) is 0 Å².